The number of rotatable bonds is 4. The van der Waals surface area contributed by atoms with Gasteiger partial charge < -0.3 is 10.5 Å². The molecule has 3 atom stereocenters. The van der Waals surface area contributed by atoms with Gasteiger partial charge in [0.1, 0.15) is 0 Å². The first-order valence-corrected chi connectivity index (χ1v) is 4.82. The molecule has 1 rings (SSSR count). The molecule has 0 spiro atoms. The Balaban J connectivity index is 2.55. The van der Waals surface area contributed by atoms with Crippen LogP contribution in [0.25, 0.3) is 0 Å². The van der Waals surface area contributed by atoms with E-state index in [1.165, 1.54) is 0 Å². The van der Waals surface area contributed by atoms with Crippen LogP contribution in [-0.4, -0.2) is 19.8 Å². The summed E-state index contributed by atoms with van der Waals surface area (Å²) in [6, 6.07) is 0. The van der Waals surface area contributed by atoms with E-state index in [0.29, 0.717) is 23.4 Å². The molecular formula is C10H21NO. The Morgan fingerprint density at radius 1 is 1.50 bits per heavy atom. The lowest BCUT2D eigenvalue weighted by molar-refractivity contribution is 0.0689. The van der Waals surface area contributed by atoms with Gasteiger partial charge in [-0.2, -0.15) is 0 Å². The quantitative estimate of drug-likeness (QED) is 0.698. The van der Waals surface area contributed by atoms with E-state index < -0.39 is 0 Å². The third-order valence-electron chi connectivity index (χ3n) is 3.50. The minimum Gasteiger partial charge on any atom is -0.381 e. The van der Waals surface area contributed by atoms with Crippen LogP contribution in [0.2, 0.25) is 0 Å². The Bertz CT molecular complexity index is 152. The molecule has 1 unspecified atom stereocenters. The monoisotopic (exact) mass is 171 g/mol. The van der Waals surface area contributed by atoms with Crippen molar-refractivity contribution in [2.75, 3.05) is 13.7 Å². The van der Waals surface area contributed by atoms with E-state index in [9.17, 15) is 0 Å². The van der Waals surface area contributed by atoms with E-state index in [1.807, 2.05) is 0 Å². The van der Waals surface area contributed by atoms with Crippen LogP contribution in [-0.2, 0) is 4.74 Å². The Morgan fingerprint density at radius 3 is 2.33 bits per heavy atom. The number of ether oxygens (including phenoxy) is 1. The molecule has 1 fully saturated rings. The molecule has 2 N–H and O–H groups in total. The average Bonchev–Trinajstić information content (AvgIpc) is 2.57. The Labute approximate surface area is 75.5 Å². The van der Waals surface area contributed by atoms with E-state index in [4.69, 9.17) is 10.5 Å². The molecule has 0 amide bonds. The van der Waals surface area contributed by atoms with Crippen molar-refractivity contribution in [1.82, 2.24) is 0 Å². The predicted octanol–water partition coefficient (Wildman–Crippen LogP) is 1.64. The van der Waals surface area contributed by atoms with Crippen LogP contribution in [0.4, 0.5) is 0 Å². The van der Waals surface area contributed by atoms with Gasteiger partial charge in [-0.3, -0.25) is 0 Å². The third kappa shape index (κ3) is 1.38. The zero-order chi connectivity index (χ0) is 9.35. The van der Waals surface area contributed by atoms with E-state index in [1.54, 1.807) is 7.11 Å². The topological polar surface area (TPSA) is 35.2 Å². The molecule has 1 aliphatic carbocycles. The molecule has 0 bridgehead atoms. The van der Waals surface area contributed by atoms with Crippen molar-refractivity contribution in [3.05, 3.63) is 0 Å². The smallest absolute Gasteiger partial charge is 0.0605 e. The standard InChI is InChI=1S/C10H21NO/c1-5-8(12-4)9-7(6-11)10(9,2)3/h7-9H,5-6,11H2,1-4H3/t7-,8?,9+/m0/s1. The second-order valence-corrected chi connectivity index (χ2v) is 4.37. The maximum atomic E-state index is 5.69. The second kappa shape index (κ2) is 3.35. The summed E-state index contributed by atoms with van der Waals surface area (Å²) < 4.78 is 5.44. The normalized spacial score (nSPS) is 34.8. The SMILES string of the molecule is CCC(OC)[C@H]1[C@H](CN)C1(C)C. The molecule has 1 aliphatic rings. The summed E-state index contributed by atoms with van der Waals surface area (Å²) in [7, 11) is 1.80. The lowest BCUT2D eigenvalue weighted by Gasteiger charge is -2.14. The van der Waals surface area contributed by atoms with Crippen LogP contribution in [0.1, 0.15) is 27.2 Å². The van der Waals surface area contributed by atoms with Crippen molar-refractivity contribution in [2.24, 2.45) is 23.0 Å². The summed E-state index contributed by atoms with van der Waals surface area (Å²) in [5.41, 5.74) is 6.10. The molecule has 0 saturated heterocycles. The maximum Gasteiger partial charge on any atom is 0.0605 e. The molecule has 0 aromatic rings. The third-order valence-corrected chi connectivity index (χ3v) is 3.50. The van der Waals surface area contributed by atoms with Gasteiger partial charge in [-0.15, -0.1) is 0 Å². The Morgan fingerprint density at radius 2 is 2.08 bits per heavy atom. The zero-order valence-electron chi connectivity index (χ0n) is 8.63. The van der Waals surface area contributed by atoms with Crippen molar-refractivity contribution < 1.29 is 4.74 Å². The zero-order valence-corrected chi connectivity index (χ0v) is 8.63. The summed E-state index contributed by atoms with van der Waals surface area (Å²) in [4.78, 5) is 0. The molecule has 72 valence electrons. The van der Waals surface area contributed by atoms with E-state index in [2.05, 4.69) is 20.8 Å². The van der Waals surface area contributed by atoms with E-state index in [-0.39, 0.29) is 0 Å². The number of hydrogen-bond acceptors (Lipinski definition) is 2. The van der Waals surface area contributed by atoms with Gasteiger partial charge in [-0.25, -0.2) is 0 Å². The largest absolute Gasteiger partial charge is 0.381 e. The van der Waals surface area contributed by atoms with Gasteiger partial charge in [0.25, 0.3) is 0 Å². The van der Waals surface area contributed by atoms with Crippen LogP contribution in [0.15, 0.2) is 0 Å². The highest BCUT2D eigenvalue weighted by Gasteiger charge is 2.59. The highest BCUT2D eigenvalue weighted by atomic mass is 16.5. The summed E-state index contributed by atoms with van der Waals surface area (Å²) in [5.74, 6) is 1.35. The molecule has 0 aliphatic heterocycles. The lowest BCUT2D eigenvalue weighted by atomic mass is 10.0. The summed E-state index contributed by atoms with van der Waals surface area (Å²) in [5, 5.41) is 0. The van der Waals surface area contributed by atoms with Crippen LogP contribution < -0.4 is 5.73 Å². The lowest BCUT2D eigenvalue weighted by Crippen LogP contribution is -2.16. The van der Waals surface area contributed by atoms with Gasteiger partial charge in [0.2, 0.25) is 0 Å². The van der Waals surface area contributed by atoms with Crippen molar-refractivity contribution >= 4 is 0 Å². The summed E-state index contributed by atoms with van der Waals surface area (Å²) in [6.45, 7) is 7.56. The number of methoxy groups -OCH3 is 1. The number of nitrogens with two attached hydrogens (primary N) is 1. The highest BCUT2D eigenvalue weighted by molar-refractivity contribution is 5.08. The van der Waals surface area contributed by atoms with Crippen molar-refractivity contribution in [1.29, 1.82) is 0 Å². The second-order valence-electron chi connectivity index (χ2n) is 4.37. The Kier molecular flexibility index (Phi) is 2.79. The molecular weight excluding hydrogens is 150 g/mol. The molecule has 12 heavy (non-hydrogen) atoms. The van der Waals surface area contributed by atoms with Crippen LogP contribution in [0.3, 0.4) is 0 Å². The van der Waals surface area contributed by atoms with Gasteiger partial charge >= 0.3 is 0 Å². The summed E-state index contributed by atoms with van der Waals surface area (Å²) >= 11 is 0. The van der Waals surface area contributed by atoms with Gasteiger partial charge in [-0.1, -0.05) is 20.8 Å². The fraction of sp³-hybridized carbons (Fsp3) is 1.00. The van der Waals surface area contributed by atoms with Crippen molar-refractivity contribution in [3.8, 4) is 0 Å². The predicted molar refractivity (Wildman–Crippen MR) is 50.9 cm³/mol. The minimum absolute atomic E-state index is 0.408. The van der Waals surface area contributed by atoms with Crippen LogP contribution >= 0.6 is 0 Å². The number of hydrogen-bond donors (Lipinski definition) is 1. The minimum atomic E-state index is 0.408. The fourth-order valence-electron chi connectivity index (χ4n) is 2.54. The average molecular weight is 171 g/mol. The maximum absolute atomic E-state index is 5.69. The van der Waals surface area contributed by atoms with Crippen LogP contribution in [0, 0.1) is 17.3 Å². The first-order valence-electron chi connectivity index (χ1n) is 4.82. The first kappa shape index (κ1) is 10.0. The first-order chi connectivity index (χ1) is 5.59. The van der Waals surface area contributed by atoms with Crippen molar-refractivity contribution in [3.63, 3.8) is 0 Å². The van der Waals surface area contributed by atoms with E-state index in [0.717, 1.165) is 13.0 Å². The van der Waals surface area contributed by atoms with Gasteiger partial charge in [0, 0.05) is 7.11 Å². The van der Waals surface area contributed by atoms with Crippen molar-refractivity contribution in [2.45, 2.75) is 33.3 Å². The van der Waals surface area contributed by atoms with Crippen LogP contribution in [0.5, 0.6) is 0 Å². The van der Waals surface area contributed by atoms with Gasteiger partial charge in [0.05, 0.1) is 6.10 Å². The van der Waals surface area contributed by atoms with Gasteiger partial charge in [-0.05, 0) is 30.2 Å². The summed E-state index contributed by atoms with van der Waals surface area (Å²) in [6.07, 6.45) is 1.51. The molecule has 0 heterocycles. The Hall–Kier alpha value is -0.0800. The molecule has 0 aromatic carbocycles. The fourth-order valence-corrected chi connectivity index (χ4v) is 2.54. The molecule has 0 aromatic heterocycles. The highest BCUT2D eigenvalue weighted by Crippen LogP contribution is 2.60. The molecule has 2 heteroatoms. The van der Waals surface area contributed by atoms with Gasteiger partial charge in [0.15, 0.2) is 0 Å². The van der Waals surface area contributed by atoms with E-state index >= 15 is 0 Å². The molecule has 1 saturated carbocycles. The molecule has 0 radical (unpaired) electrons. The molecule has 2 nitrogen and oxygen atoms in total.